The summed E-state index contributed by atoms with van der Waals surface area (Å²) in [6.07, 6.45) is -4.75. The van der Waals surface area contributed by atoms with Gasteiger partial charge in [-0.2, -0.15) is 0 Å². The Balaban J connectivity index is 2.46. The highest BCUT2D eigenvalue weighted by Gasteiger charge is 2.31. The zero-order chi connectivity index (χ0) is 14.8. The number of hydrogen-bond acceptors (Lipinski definition) is 2. The van der Waals surface area contributed by atoms with Crippen molar-refractivity contribution in [3.8, 4) is 16.9 Å². The van der Waals surface area contributed by atoms with E-state index in [4.69, 9.17) is 11.6 Å². The van der Waals surface area contributed by atoms with Crippen LogP contribution < -0.4 is 4.74 Å². The molecule has 6 heteroatoms. The molecule has 0 aliphatic rings. The predicted octanol–water partition coefficient (Wildman–Crippen LogP) is 4.40. The lowest BCUT2D eigenvalue weighted by Gasteiger charge is -2.13. The number of hydrogen-bond donors (Lipinski definition) is 1. The predicted molar refractivity (Wildman–Crippen MR) is 69.5 cm³/mol. The third-order valence-electron chi connectivity index (χ3n) is 2.63. The maximum atomic E-state index is 12.2. The topological polar surface area (TPSA) is 29.5 Å². The van der Waals surface area contributed by atoms with Gasteiger partial charge >= 0.3 is 6.36 Å². The maximum Gasteiger partial charge on any atom is 0.573 e. The van der Waals surface area contributed by atoms with Crippen LogP contribution in [0.15, 0.2) is 42.5 Å². The van der Waals surface area contributed by atoms with Gasteiger partial charge in [-0.1, -0.05) is 35.9 Å². The van der Waals surface area contributed by atoms with Gasteiger partial charge in [0.25, 0.3) is 0 Å². The summed E-state index contributed by atoms with van der Waals surface area (Å²) in [5, 5.41) is 9.64. The van der Waals surface area contributed by atoms with Crippen LogP contribution in [0.5, 0.6) is 5.75 Å². The van der Waals surface area contributed by atoms with E-state index in [1.54, 1.807) is 24.3 Å². The number of rotatable bonds is 3. The van der Waals surface area contributed by atoms with E-state index in [-0.39, 0.29) is 12.4 Å². The molecular weight excluding hydrogens is 293 g/mol. The molecule has 0 atom stereocenters. The van der Waals surface area contributed by atoms with Gasteiger partial charge in [-0.25, -0.2) is 0 Å². The maximum absolute atomic E-state index is 12.2. The molecule has 0 unspecified atom stereocenters. The highest BCUT2D eigenvalue weighted by Crippen LogP contribution is 2.34. The Morgan fingerprint density at radius 2 is 1.80 bits per heavy atom. The molecule has 0 aromatic heterocycles. The molecule has 0 heterocycles. The first-order chi connectivity index (χ1) is 9.40. The van der Waals surface area contributed by atoms with Crippen molar-refractivity contribution in [2.24, 2.45) is 0 Å². The van der Waals surface area contributed by atoms with Crippen molar-refractivity contribution in [1.29, 1.82) is 0 Å². The summed E-state index contributed by atoms with van der Waals surface area (Å²) in [7, 11) is 0. The van der Waals surface area contributed by atoms with E-state index in [0.29, 0.717) is 21.7 Å². The second kappa shape index (κ2) is 5.73. The minimum atomic E-state index is -4.75. The van der Waals surface area contributed by atoms with Crippen molar-refractivity contribution >= 4 is 11.6 Å². The Labute approximate surface area is 118 Å². The van der Waals surface area contributed by atoms with Gasteiger partial charge in [0, 0.05) is 10.6 Å². The summed E-state index contributed by atoms with van der Waals surface area (Å²) >= 11 is 6.05. The standard InChI is InChI=1S/C14H10ClF3O2/c15-12-6-2-4-10(8-19)13(12)9-3-1-5-11(7-9)20-14(16,17)18/h1-7,19H,8H2. The quantitative estimate of drug-likeness (QED) is 0.910. The molecule has 0 spiro atoms. The SMILES string of the molecule is OCc1cccc(Cl)c1-c1cccc(OC(F)(F)F)c1. The van der Waals surface area contributed by atoms with E-state index in [1.807, 2.05) is 0 Å². The summed E-state index contributed by atoms with van der Waals surface area (Å²) in [5.41, 5.74) is 1.47. The zero-order valence-corrected chi connectivity index (χ0v) is 10.9. The van der Waals surface area contributed by atoms with Gasteiger partial charge in [-0.15, -0.1) is 13.2 Å². The molecule has 0 amide bonds. The van der Waals surface area contributed by atoms with Crippen molar-refractivity contribution in [1.82, 2.24) is 0 Å². The van der Waals surface area contributed by atoms with Crippen molar-refractivity contribution in [3.63, 3.8) is 0 Å². The lowest BCUT2D eigenvalue weighted by atomic mass is 10.00. The summed E-state index contributed by atoms with van der Waals surface area (Å²) in [6.45, 7) is -0.264. The highest BCUT2D eigenvalue weighted by molar-refractivity contribution is 6.33. The lowest BCUT2D eigenvalue weighted by Crippen LogP contribution is -2.17. The average molecular weight is 303 g/mol. The number of halogens is 4. The molecule has 2 aromatic carbocycles. The Kier molecular flexibility index (Phi) is 4.20. The van der Waals surface area contributed by atoms with Crippen LogP contribution in [0.1, 0.15) is 5.56 Å². The smallest absolute Gasteiger partial charge is 0.406 e. The summed E-state index contributed by atoms with van der Waals surface area (Å²) in [6, 6.07) is 10.4. The number of aliphatic hydroxyl groups is 1. The van der Waals surface area contributed by atoms with E-state index in [2.05, 4.69) is 4.74 Å². The lowest BCUT2D eigenvalue weighted by molar-refractivity contribution is -0.274. The van der Waals surface area contributed by atoms with Crippen molar-refractivity contribution < 1.29 is 23.0 Å². The van der Waals surface area contributed by atoms with E-state index in [9.17, 15) is 18.3 Å². The van der Waals surface area contributed by atoms with Gasteiger partial charge in [-0.05, 0) is 29.3 Å². The van der Waals surface area contributed by atoms with E-state index in [1.165, 1.54) is 18.2 Å². The Hall–Kier alpha value is -1.72. The van der Waals surface area contributed by atoms with Crippen LogP contribution in [0.25, 0.3) is 11.1 Å². The molecular formula is C14H10ClF3O2. The average Bonchev–Trinajstić information content (AvgIpc) is 2.36. The van der Waals surface area contributed by atoms with Crippen LogP contribution in [-0.2, 0) is 6.61 Å². The van der Waals surface area contributed by atoms with E-state index in [0.717, 1.165) is 0 Å². The summed E-state index contributed by atoms with van der Waals surface area (Å²) < 4.78 is 40.5. The Bertz CT molecular complexity index is 612. The molecule has 20 heavy (non-hydrogen) atoms. The summed E-state index contributed by atoms with van der Waals surface area (Å²) in [5.74, 6) is -0.334. The van der Waals surface area contributed by atoms with Crippen molar-refractivity contribution in [2.45, 2.75) is 13.0 Å². The number of aliphatic hydroxyl groups excluding tert-OH is 1. The second-order valence-corrected chi connectivity index (χ2v) is 4.41. The van der Waals surface area contributed by atoms with Crippen molar-refractivity contribution in [3.05, 3.63) is 53.1 Å². The zero-order valence-electron chi connectivity index (χ0n) is 10.1. The van der Waals surface area contributed by atoms with Crippen LogP contribution in [-0.4, -0.2) is 11.5 Å². The molecule has 2 nitrogen and oxygen atoms in total. The fourth-order valence-corrected chi connectivity index (χ4v) is 2.18. The summed E-state index contributed by atoms with van der Waals surface area (Å²) in [4.78, 5) is 0. The fourth-order valence-electron chi connectivity index (χ4n) is 1.87. The van der Waals surface area contributed by atoms with Crippen molar-refractivity contribution in [2.75, 3.05) is 0 Å². The normalized spacial score (nSPS) is 11.4. The van der Waals surface area contributed by atoms with E-state index >= 15 is 0 Å². The molecule has 0 aliphatic heterocycles. The van der Waals surface area contributed by atoms with Crippen LogP contribution in [0.3, 0.4) is 0 Å². The number of ether oxygens (including phenoxy) is 1. The van der Waals surface area contributed by atoms with Gasteiger partial charge in [-0.3, -0.25) is 0 Å². The van der Waals surface area contributed by atoms with Gasteiger partial charge < -0.3 is 9.84 Å². The highest BCUT2D eigenvalue weighted by atomic mass is 35.5. The largest absolute Gasteiger partial charge is 0.573 e. The number of benzene rings is 2. The second-order valence-electron chi connectivity index (χ2n) is 4.01. The van der Waals surface area contributed by atoms with Crippen LogP contribution in [0.2, 0.25) is 5.02 Å². The molecule has 0 aliphatic carbocycles. The third kappa shape index (κ3) is 3.43. The molecule has 0 fully saturated rings. The molecule has 1 N–H and O–H groups in total. The molecule has 0 bridgehead atoms. The van der Waals surface area contributed by atoms with Gasteiger partial charge in [0.15, 0.2) is 0 Å². The van der Waals surface area contributed by atoms with E-state index < -0.39 is 6.36 Å². The monoisotopic (exact) mass is 302 g/mol. The first-order valence-electron chi connectivity index (χ1n) is 5.65. The fraction of sp³-hybridized carbons (Fsp3) is 0.143. The molecule has 106 valence electrons. The first-order valence-corrected chi connectivity index (χ1v) is 6.03. The molecule has 2 aromatic rings. The molecule has 0 saturated carbocycles. The Morgan fingerprint density at radius 1 is 1.10 bits per heavy atom. The van der Waals surface area contributed by atoms with Gasteiger partial charge in [0.2, 0.25) is 0 Å². The van der Waals surface area contributed by atoms with Crippen LogP contribution in [0.4, 0.5) is 13.2 Å². The third-order valence-corrected chi connectivity index (χ3v) is 2.94. The molecule has 0 radical (unpaired) electrons. The molecule has 0 saturated heterocycles. The first kappa shape index (κ1) is 14.7. The van der Waals surface area contributed by atoms with Gasteiger partial charge in [0.05, 0.1) is 6.61 Å². The van der Waals surface area contributed by atoms with Crippen LogP contribution in [0, 0.1) is 0 Å². The molecule has 2 rings (SSSR count). The minimum absolute atomic E-state index is 0.264. The van der Waals surface area contributed by atoms with Gasteiger partial charge in [0.1, 0.15) is 5.75 Å². The Morgan fingerprint density at radius 3 is 2.45 bits per heavy atom. The van der Waals surface area contributed by atoms with Crippen LogP contribution >= 0.6 is 11.6 Å². The number of alkyl halides is 3. The minimum Gasteiger partial charge on any atom is -0.406 e.